The zero-order chi connectivity index (χ0) is 18.3. The third-order valence-electron chi connectivity index (χ3n) is 5.50. The van der Waals surface area contributed by atoms with Crippen LogP contribution in [0.3, 0.4) is 0 Å². The van der Waals surface area contributed by atoms with Gasteiger partial charge in [-0.15, -0.1) is 0 Å². The van der Waals surface area contributed by atoms with E-state index in [-0.39, 0.29) is 11.7 Å². The van der Waals surface area contributed by atoms with Crippen LogP contribution < -0.4 is 4.90 Å². The fourth-order valence-corrected chi connectivity index (χ4v) is 4.61. The third-order valence-corrected chi connectivity index (χ3v) is 5.73. The lowest BCUT2D eigenvalue weighted by Crippen LogP contribution is -2.40. The van der Waals surface area contributed by atoms with E-state index in [1.165, 1.54) is 6.42 Å². The summed E-state index contributed by atoms with van der Waals surface area (Å²) in [6.07, 6.45) is 4.23. The number of ketones is 1. The molecule has 2 aliphatic rings. The van der Waals surface area contributed by atoms with Crippen molar-refractivity contribution < 1.29 is 4.79 Å². The topological polar surface area (TPSA) is 46.1 Å². The Labute approximate surface area is 159 Å². The highest BCUT2D eigenvalue weighted by Crippen LogP contribution is 2.34. The van der Waals surface area contributed by atoms with Gasteiger partial charge in [-0.05, 0) is 48.3 Å². The number of halogens is 1. The van der Waals surface area contributed by atoms with E-state index in [0.717, 1.165) is 36.7 Å². The van der Waals surface area contributed by atoms with E-state index >= 15 is 0 Å². The van der Waals surface area contributed by atoms with Gasteiger partial charge in [0.1, 0.15) is 0 Å². The number of anilines is 1. The highest BCUT2D eigenvalue weighted by atomic mass is 35.5. The zero-order valence-corrected chi connectivity index (χ0v) is 16.0. The molecule has 2 aromatic rings. The summed E-state index contributed by atoms with van der Waals surface area (Å²) >= 11 is 6.14. The van der Waals surface area contributed by atoms with Crippen molar-refractivity contribution in [2.75, 3.05) is 18.0 Å². The van der Waals surface area contributed by atoms with Gasteiger partial charge in [-0.2, -0.15) is 0 Å². The van der Waals surface area contributed by atoms with E-state index < -0.39 is 0 Å². The molecular weight excluding hydrogens is 346 g/mol. The van der Waals surface area contributed by atoms with Crippen molar-refractivity contribution in [2.24, 2.45) is 11.8 Å². The second-order valence-corrected chi connectivity index (χ2v) is 8.40. The molecule has 1 saturated heterocycles. The number of carbonyl (C=O) groups is 1. The molecule has 0 bridgehead atoms. The molecule has 0 radical (unpaired) electrons. The first-order chi connectivity index (χ1) is 12.5. The van der Waals surface area contributed by atoms with Crippen LogP contribution in [0.15, 0.2) is 30.5 Å². The summed E-state index contributed by atoms with van der Waals surface area (Å²) in [6.45, 7) is 6.52. The average Bonchev–Trinajstić information content (AvgIpc) is 2.60. The number of rotatable bonds is 2. The number of Topliss-reactive ketones (excluding diaryl/α,β-unsaturated/α-hetero) is 1. The largest absolute Gasteiger partial charge is 0.340 e. The Hall–Kier alpha value is -1.94. The Morgan fingerprint density at radius 3 is 2.65 bits per heavy atom. The Morgan fingerprint density at radius 2 is 1.92 bits per heavy atom. The number of aromatic nitrogens is 2. The Balaban J connectivity index is 1.63. The highest BCUT2D eigenvalue weighted by molar-refractivity contribution is 6.30. The number of hydrogen-bond acceptors (Lipinski definition) is 4. The van der Waals surface area contributed by atoms with Gasteiger partial charge in [-0.1, -0.05) is 37.6 Å². The van der Waals surface area contributed by atoms with Crippen LogP contribution in [0.4, 0.5) is 5.95 Å². The van der Waals surface area contributed by atoms with Crippen molar-refractivity contribution in [3.63, 3.8) is 0 Å². The number of carbonyl (C=O) groups excluding carboxylic acids is 1. The van der Waals surface area contributed by atoms with Gasteiger partial charge in [0.2, 0.25) is 5.95 Å². The fraction of sp³-hybridized carbons (Fsp3) is 0.476. The molecule has 4 nitrogen and oxygen atoms in total. The van der Waals surface area contributed by atoms with E-state index in [1.807, 2.05) is 24.3 Å². The van der Waals surface area contributed by atoms with Gasteiger partial charge < -0.3 is 4.90 Å². The summed E-state index contributed by atoms with van der Waals surface area (Å²) in [6, 6.07) is 7.81. The van der Waals surface area contributed by atoms with Gasteiger partial charge >= 0.3 is 0 Å². The summed E-state index contributed by atoms with van der Waals surface area (Å²) in [4.78, 5) is 24.2. The van der Waals surface area contributed by atoms with Crippen molar-refractivity contribution in [3.05, 3.63) is 52.3 Å². The van der Waals surface area contributed by atoms with Crippen LogP contribution in [-0.2, 0) is 6.42 Å². The molecule has 1 fully saturated rings. The molecule has 0 amide bonds. The third kappa shape index (κ3) is 3.48. The summed E-state index contributed by atoms with van der Waals surface area (Å²) < 4.78 is 0. The number of benzene rings is 1. The Kier molecular flexibility index (Phi) is 4.70. The summed E-state index contributed by atoms with van der Waals surface area (Å²) in [5.74, 6) is 2.30. The molecule has 0 N–H and O–H groups in total. The monoisotopic (exact) mass is 369 g/mol. The molecule has 136 valence electrons. The van der Waals surface area contributed by atoms with Crippen molar-refractivity contribution in [1.82, 2.24) is 9.97 Å². The number of fused-ring (bicyclic) bond motifs is 1. The van der Waals surface area contributed by atoms with E-state index in [4.69, 9.17) is 16.6 Å². The standard InChI is InChI=1S/C21H24ClN3O/c1-13-6-14(2)12-25(11-13)21-23-10-18-19(24-21)8-16(9-20(18)26)15-4-3-5-17(22)7-15/h3-5,7,10,13-14,16H,6,8-9,11-12H2,1-2H3. The maximum absolute atomic E-state index is 12.6. The van der Waals surface area contributed by atoms with Gasteiger partial charge in [0, 0.05) is 30.7 Å². The van der Waals surface area contributed by atoms with E-state index in [9.17, 15) is 4.79 Å². The van der Waals surface area contributed by atoms with Gasteiger partial charge in [-0.3, -0.25) is 4.79 Å². The highest BCUT2D eigenvalue weighted by Gasteiger charge is 2.30. The molecule has 5 heteroatoms. The lowest BCUT2D eigenvalue weighted by molar-refractivity contribution is 0.0962. The van der Waals surface area contributed by atoms with E-state index in [2.05, 4.69) is 23.7 Å². The number of hydrogen-bond donors (Lipinski definition) is 0. The first-order valence-electron chi connectivity index (χ1n) is 9.39. The van der Waals surface area contributed by atoms with Crippen LogP contribution in [0.2, 0.25) is 5.02 Å². The maximum atomic E-state index is 12.6. The maximum Gasteiger partial charge on any atom is 0.225 e. The molecule has 1 aromatic heterocycles. The van der Waals surface area contributed by atoms with Gasteiger partial charge in [0.15, 0.2) is 5.78 Å². The fourth-order valence-electron chi connectivity index (χ4n) is 4.41. The van der Waals surface area contributed by atoms with Gasteiger partial charge in [0.25, 0.3) is 0 Å². The molecule has 1 aliphatic heterocycles. The number of piperidine rings is 1. The Morgan fingerprint density at radius 1 is 1.15 bits per heavy atom. The molecule has 26 heavy (non-hydrogen) atoms. The van der Waals surface area contributed by atoms with Crippen LogP contribution in [0.1, 0.15) is 54.2 Å². The minimum absolute atomic E-state index is 0.128. The normalized spacial score (nSPS) is 25.9. The molecular formula is C21H24ClN3O. The van der Waals surface area contributed by atoms with Crippen LogP contribution in [0.5, 0.6) is 0 Å². The molecule has 2 heterocycles. The van der Waals surface area contributed by atoms with Crippen LogP contribution in [0.25, 0.3) is 0 Å². The van der Waals surface area contributed by atoms with Crippen molar-refractivity contribution in [3.8, 4) is 0 Å². The van der Waals surface area contributed by atoms with Gasteiger partial charge in [0.05, 0.1) is 11.3 Å². The van der Waals surface area contributed by atoms with Crippen molar-refractivity contribution in [2.45, 2.75) is 39.0 Å². The van der Waals surface area contributed by atoms with Gasteiger partial charge in [-0.25, -0.2) is 9.97 Å². The predicted octanol–water partition coefficient (Wildman–Crippen LogP) is 4.53. The molecule has 0 spiro atoms. The number of nitrogens with zero attached hydrogens (tertiary/aromatic N) is 3. The first-order valence-corrected chi connectivity index (χ1v) is 9.77. The zero-order valence-electron chi connectivity index (χ0n) is 15.3. The summed E-state index contributed by atoms with van der Waals surface area (Å²) in [5.41, 5.74) is 2.67. The lowest BCUT2D eigenvalue weighted by Gasteiger charge is -2.35. The second-order valence-electron chi connectivity index (χ2n) is 7.96. The SMILES string of the molecule is CC1CC(C)CN(c2ncc3c(n2)CC(c2cccc(Cl)c2)CC3=O)C1. The molecule has 1 aliphatic carbocycles. The first kappa shape index (κ1) is 17.5. The van der Waals surface area contributed by atoms with Crippen LogP contribution >= 0.6 is 11.6 Å². The minimum Gasteiger partial charge on any atom is -0.340 e. The smallest absolute Gasteiger partial charge is 0.225 e. The molecule has 1 aromatic carbocycles. The Bertz CT molecular complexity index is 828. The summed E-state index contributed by atoms with van der Waals surface area (Å²) in [7, 11) is 0. The van der Waals surface area contributed by atoms with E-state index in [0.29, 0.717) is 28.8 Å². The molecule has 3 unspecified atom stereocenters. The average molecular weight is 370 g/mol. The summed E-state index contributed by atoms with van der Waals surface area (Å²) in [5, 5.41) is 0.709. The predicted molar refractivity (Wildman–Crippen MR) is 104 cm³/mol. The lowest BCUT2D eigenvalue weighted by atomic mass is 9.82. The molecule has 3 atom stereocenters. The molecule has 0 saturated carbocycles. The van der Waals surface area contributed by atoms with Crippen LogP contribution in [-0.4, -0.2) is 28.8 Å². The minimum atomic E-state index is 0.128. The van der Waals surface area contributed by atoms with Crippen molar-refractivity contribution >= 4 is 23.3 Å². The second kappa shape index (κ2) is 6.99. The van der Waals surface area contributed by atoms with Crippen LogP contribution in [0, 0.1) is 11.8 Å². The quantitative estimate of drug-likeness (QED) is 0.780. The van der Waals surface area contributed by atoms with Crippen molar-refractivity contribution in [1.29, 1.82) is 0 Å². The van der Waals surface area contributed by atoms with E-state index in [1.54, 1.807) is 6.20 Å². The molecule has 4 rings (SSSR count).